The molecule has 108 valence electrons. The summed E-state index contributed by atoms with van der Waals surface area (Å²) in [6, 6.07) is 7.52. The zero-order chi connectivity index (χ0) is 15.1. The lowest BCUT2D eigenvalue weighted by atomic mass is 9.89. The molecule has 1 aliphatic carbocycles. The van der Waals surface area contributed by atoms with Crippen LogP contribution >= 0.6 is 0 Å². The second-order valence-corrected chi connectivity index (χ2v) is 5.94. The summed E-state index contributed by atoms with van der Waals surface area (Å²) in [5.41, 5.74) is 1.70. The summed E-state index contributed by atoms with van der Waals surface area (Å²) < 4.78 is 0. The molecule has 1 aliphatic heterocycles. The number of imide groups is 1. The van der Waals surface area contributed by atoms with Gasteiger partial charge < -0.3 is 0 Å². The van der Waals surface area contributed by atoms with Gasteiger partial charge in [0.1, 0.15) is 0 Å². The van der Waals surface area contributed by atoms with Crippen molar-refractivity contribution in [1.82, 2.24) is 0 Å². The zero-order valence-electron chi connectivity index (χ0n) is 12.2. The average molecular weight is 281 g/mol. The fourth-order valence-corrected chi connectivity index (χ4v) is 3.73. The number of carbonyl (C=O) groups excluding carboxylic acids is 2. The molecule has 2 amide bonds. The topological polar surface area (TPSA) is 37.4 Å². The third-order valence-electron chi connectivity index (χ3n) is 4.73. The van der Waals surface area contributed by atoms with Crippen LogP contribution in [0.25, 0.3) is 0 Å². The highest BCUT2D eigenvalue weighted by Crippen LogP contribution is 2.49. The standard InChI is InChI=1S/C18H19NO2/c1-4-12-10-13(5-2)16-15(12)17(20)19(18(16)21)14-8-6-7-11(3)9-14/h4-9,12-13,15-16H,1-2,10H2,3H3. The first-order valence-corrected chi connectivity index (χ1v) is 7.28. The molecule has 1 aromatic carbocycles. The molecule has 0 aromatic heterocycles. The van der Waals surface area contributed by atoms with Crippen LogP contribution in [0.4, 0.5) is 5.69 Å². The third kappa shape index (κ3) is 1.96. The largest absolute Gasteiger partial charge is 0.274 e. The van der Waals surface area contributed by atoms with Crippen molar-refractivity contribution in [3.8, 4) is 0 Å². The van der Waals surface area contributed by atoms with Crippen LogP contribution < -0.4 is 4.90 Å². The Kier molecular flexibility index (Phi) is 3.28. The summed E-state index contributed by atoms with van der Waals surface area (Å²) in [4.78, 5) is 26.9. The quantitative estimate of drug-likeness (QED) is 0.630. The first kappa shape index (κ1) is 13.8. The monoisotopic (exact) mass is 281 g/mol. The normalized spacial score (nSPS) is 31.4. The van der Waals surface area contributed by atoms with E-state index in [0.717, 1.165) is 12.0 Å². The van der Waals surface area contributed by atoms with Gasteiger partial charge in [0.15, 0.2) is 0 Å². The summed E-state index contributed by atoms with van der Waals surface area (Å²) in [5.74, 6) is -0.625. The molecule has 2 aliphatic rings. The molecule has 1 saturated carbocycles. The van der Waals surface area contributed by atoms with Crippen molar-refractivity contribution in [2.75, 3.05) is 4.90 Å². The van der Waals surface area contributed by atoms with Gasteiger partial charge in [-0.3, -0.25) is 14.5 Å². The van der Waals surface area contributed by atoms with Crippen molar-refractivity contribution >= 4 is 17.5 Å². The molecule has 0 radical (unpaired) electrons. The van der Waals surface area contributed by atoms with E-state index in [1.807, 2.05) is 43.3 Å². The first-order chi connectivity index (χ1) is 10.1. The molecule has 1 saturated heterocycles. The lowest BCUT2D eigenvalue weighted by molar-refractivity contribution is -0.123. The van der Waals surface area contributed by atoms with Crippen molar-refractivity contribution in [2.45, 2.75) is 13.3 Å². The van der Waals surface area contributed by atoms with Crippen molar-refractivity contribution in [2.24, 2.45) is 23.7 Å². The second-order valence-electron chi connectivity index (χ2n) is 5.94. The van der Waals surface area contributed by atoms with E-state index in [9.17, 15) is 9.59 Å². The van der Waals surface area contributed by atoms with Gasteiger partial charge in [-0.15, -0.1) is 13.2 Å². The number of fused-ring (bicyclic) bond motifs is 1. The van der Waals surface area contributed by atoms with E-state index < -0.39 is 0 Å². The number of carbonyl (C=O) groups is 2. The van der Waals surface area contributed by atoms with Gasteiger partial charge in [-0.2, -0.15) is 0 Å². The Morgan fingerprint density at radius 3 is 2.14 bits per heavy atom. The van der Waals surface area contributed by atoms with E-state index in [1.165, 1.54) is 4.90 Å². The lowest BCUT2D eigenvalue weighted by Crippen LogP contribution is -2.33. The Morgan fingerprint density at radius 1 is 1.10 bits per heavy atom. The number of aryl methyl sites for hydroxylation is 1. The van der Waals surface area contributed by atoms with Crippen molar-refractivity contribution in [1.29, 1.82) is 0 Å². The fraction of sp³-hybridized carbons (Fsp3) is 0.333. The van der Waals surface area contributed by atoms with Gasteiger partial charge in [0.2, 0.25) is 11.8 Å². The van der Waals surface area contributed by atoms with E-state index in [2.05, 4.69) is 13.2 Å². The number of hydrogen-bond donors (Lipinski definition) is 0. The summed E-state index contributed by atoms with van der Waals surface area (Å²) in [5, 5.41) is 0. The second kappa shape index (κ2) is 4.99. The Balaban J connectivity index is 2.03. The molecule has 0 N–H and O–H groups in total. The number of anilines is 1. The maximum absolute atomic E-state index is 12.8. The lowest BCUT2D eigenvalue weighted by Gasteiger charge is -2.19. The molecule has 1 aromatic rings. The molecular weight excluding hydrogens is 262 g/mol. The van der Waals surface area contributed by atoms with Crippen LogP contribution in [0.1, 0.15) is 12.0 Å². The predicted octanol–water partition coefficient (Wildman–Crippen LogP) is 3.11. The maximum Gasteiger partial charge on any atom is 0.238 e. The van der Waals surface area contributed by atoms with Gasteiger partial charge in [-0.1, -0.05) is 24.3 Å². The molecule has 3 rings (SSSR count). The third-order valence-corrected chi connectivity index (χ3v) is 4.73. The Labute approximate surface area is 125 Å². The maximum atomic E-state index is 12.8. The summed E-state index contributed by atoms with van der Waals surface area (Å²) in [6.45, 7) is 9.61. The van der Waals surface area contributed by atoms with Crippen LogP contribution in [0.5, 0.6) is 0 Å². The molecule has 3 heteroatoms. The van der Waals surface area contributed by atoms with Crippen molar-refractivity contribution in [3.63, 3.8) is 0 Å². The fourth-order valence-electron chi connectivity index (χ4n) is 3.73. The number of allylic oxidation sites excluding steroid dienone is 2. The van der Waals surface area contributed by atoms with E-state index in [0.29, 0.717) is 5.69 Å². The number of nitrogens with zero attached hydrogens (tertiary/aromatic N) is 1. The molecular formula is C18H19NO2. The van der Waals surface area contributed by atoms with Crippen LogP contribution in [0, 0.1) is 30.6 Å². The highest BCUT2D eigenvalue weighted by Gasteiger charge is 2.57. The number of hydrogen-bond acceptors (Lipinski definition) is 2. The zero-order valence-corrected chi connectivity index (χ0v) is 12.2. The molecule has 2 fully saturated rings. The van der Waals surface area contributed by atoms with Gasteiger partial charge in [-0.05, 0) is 42.9 Å². The van der Waals surface area contributed by atoms with Crippen LogP contribution in [0.3, 0.4) is 0 Å². The van der Waals surface area contributed by atoms with Gasteiger partial charge >= 0.3 is 0 Å². The molecule has 3 nitrogen and oxygen atoms in total. The van der Waals surface area contributed by atoms with Crippen LogP contribution in [-0.4, -0.2) is 11.8 Å². The first-order valence-electron chi connectivity index (χ1n) is 7.28. The minimum atomic E-state index is -0.279. The van der Waals surface area contributed by atoms with Gasteiger partial charge in [0.05, 0.1) is 17.5 Å². The number of benzene rings is 1. The SMILES string of the molecule is C=CC1CC(C=C)C2C(=O)N(c3cccc(C)c3)C(=O)C12. The number of amides is 2. The molecule has 0 spiro atoms. The van der Waals surface area contributed by atoms with Crippen LogP contribution in [0.2, 0.25) is 0 Å². The van der Waals surface area contributed by atoms with Crippen LogP contribution in [0.15, 0.2) is 49.6 Å². The van der Waals surface area contributed by atoms with E-state index in [-0.39, 0.29) is 35.5 Å². The molecule has 0 bridgehead atoms. The van der Waals surface area contributed by atoms with Gasteiger partial charge in [0.25, 0.3) is 0 Å². The number of rotatable bonds is 3. The molecule has 21 heavy (non-hydrogen) atoms. The van der Waals surface area contributed by atoms with Crippen molar-refractivity contribution < 1.29 is 9.59 Å². The van der Waals surface area contributed by atoms with Gasteiger partial charge in [0, 0.05) is 0 Å². The highest BCUT2D eigenvalue weighted by atomic mass is 16.2. The van der Waals surface area contributed by atoms with Crippen molar-refractivity contribution in [3.05, 3.63) is 55.1 Å². The minimum Gasteiger partial charge on any atom is -0.274 e. The molecule has 4 atom stereocenters. The van der Waals surface area contributed by atoms with E-state index in [1.54, 1.807) is 0 Å². The smallest absolute Gasteiger partial charge is 0.238 e. The predicted molar refractivity (Wildman–Crippen MR) is 82.6 cm³/mol. The van der Waals surface area contributed by atoms with Crippen LogP contribution in [-0.2, 0) is 9.59 Å². The van der Waals surface area contributed by atoms with Gasteiger partial charge in [-0.25, -0.2) is 0 Å². The Morgan fingerprint density at radius 2 is 1.67 bits per heavy atom. The Bertz CT molecular complexity index is 602. The Hall–Kier alpha value is -2.16. The summed E-state index contributed by atoms with van der Waals surface area (Å²) in [6.07, 6.45) is 4.42. The summed E-state index contributed by atoms with van der Waals surface area (Å²) in [7, 11) is 0. The highest BCUT2D eigenvalue weighted by molar-refractivity contribution is 6.22. The minimum absolute atomic E-state index is 0.0595. The molecule has 1 heterocycles. The van der Waals surface area contributed by atoms with E-state index in [4.69, 9.17) is 0 Å². The molecule has 4 unspecified atom stereocenters. The van der Waals surface area contributed by atoms with E-state index >= 15 is 0 Å². The summed E-state index contributed by atoms with van der Waals surface area (Å²) >= 11 is 0. The average Bonchev–Trinajstić information content (AvgIpc) is 2.96.